The predicted octanol–water partition coefficient (Wildman–Crippen LogP) is 1.45. The van der Waals surface area contributed by atoms with E-state index in [2.05, 4.69) is 0 Å². The monoisotopic (exact) mass is 237 g/mol. The first-order valence-electron chi connectivity index (χ1n) is 5.66. The topological polar surface area (TPSA) is 59.8 Å². The summed E-state index contributed by atoms with van der Waals surface area (Å²) in [5.41, 5.74) is 0. The summed E-state index contributed by atoms with van der Waals surface area (Å²) in [6.07, 6.45) is 3.94. The zero-order valence-corrected chi connectivity index (χ0v) is 9.72. The van der Waals surface area contributed by atoms with Gasteiger partial charge in [-0.1, -0.05) is 0 Å². The van der Waals surface area contributed by atoms with Gasteiger partial charge in [0.05, 0.1) is 13.4 Å². The fraction of sp³-hybridized carbons (Fsp3) is 0.500. The molecule has 1 atom stereocenters. The van der Waals surface area contributed by atoms with E-state index in [9.17, 15) is 9.59 Å². The van der Waals surface area contributed by atoms with Crippen molar-refractivity contribution in [1.29, 1.82) is 0 Å². The van der Waals surface area contributed by atoms with Crippen molar-refractivity contribution in [1.82, 2.24) is 4.90 Å². The number of methoxy groups -OCH3 is 1. The fourth-order valence-electron chi connectivity index (χ4n) is 2.10. The van der Waals surface area contributed by atoms with Crippen LogP contribution in [0.4, 0.5) is 0 Å². The largest absolute Gasteiger partial charge is 0.467 e. The molecule has 1 amide bonds. The molecule has 1 aliphatic rings. The first kappa shape index (κ1) is 11.7. The van der Waals surface area contributed by atoms with Crippen LogP contribution in [0.5, 0.6) is 0 Å². The van der Waals surface area contributed by atoms with Crippen LogP contribution in [0.1, 0.15) is 29.8 Å². The second kappa shape index (κ2) is 5.03. The quantitative estimate of drug-likeness (QED) is 0.730. The maximum Gasteiger partial charge on any atom is 0.328 e. The Morgan fingerprint density at radius 2 is 2.29 bits per heavy atom. The van der Waals surface area contributed by atoms with Crippen molar-refractivity contribution >= 4 is 11.9 Å². The van der Waals surface area contributed by atoms with Gasteiger partial charge in [0.1, 0.15) is 6.04 Å². The van der Waals surface area contributed by atoms with E-state index < -0.39 is 6.04 Å². The third-order valence-electron chi connectivity index (χ3n) is 2.97. The normalized spacial score (nSPS) is 20.1. The van der Waals surface area contributed by atoms with Crippen LogP contribution in [-0.2, 0) is 9.53 Å². The smallest absolute Gasteiger partial charge is 0.328 e. The Morgan fingerprint density at radius 3 is 2.94 bits per heavy atom. The number of likely N-dealkylation sites (tertiary alicyclic amines) is 1. The molecule has 1 aromatic heterocycles. The van der Waals surface area contributed by atoms with Gasteiger partial charge in [-0.25, -0.2) is 4.79 Å². The molecule has 2 rings (SSSR count). The highest BCUT2D eigenvalue weighted by Crippen LogP contribution is 2.20. The summed E-state index contributed by atoms with van der Waals surface area (Å²) in [5.74, 6) is -0.337. The lowest BCUT2D eigenvalue weighted by Gasteiger charge is -2.33. The van der Waals surface area contributed by atoms with E-state index in [0.717, 1.165) is 12.8 Å². The number of carbonyl (C=O) groups is 2. The zero-order valence-electron chi connectivity index (χ0n) is 9.72. The minimum atomic E-state index is -0.480. The van der Waals surface area contributed by atoms with E-state index in [1.165, 1.54) is 18.3 Å². The SMILES string of the molecule is COC(=O)[C@H]1CCCCN1C(=O)c1ccco1. The number of carbonyl (C=O) groups excluding carboxylic acids is 2. The Bertz CT molecular complexity index is 399. The lowest BCUT2D eigenvalue weighted by atomic mass is 10.0. The van der Waals surface area contributed by atoms with Crippen LogP contribution in [0.25, 0.3) is 0 Å². The van der Waals surface area contributed by atoms with E-state index >= 15 is 0 Å². The van der Waals surface area contributed by atoms with Crippen molar-refractivity contribution in [2.45, 2.75) is 25.3 Å². The van der Waals surface area contributed by atoms with Crippen LogP contribution in [0, 0.1) is 0 Å². The maximum atomic E-state index is 12.1. The number of hydrogen-bond donors (Lipinski definition) is 0. The number of nitrogens with zero attached hydrogens (tertiary/aromatic N) is 1. The maximum absolute atomic E-state index is 12.1. The minimum absolute atomic E-state index is 0.245. The average Bonchev–Trinajstić information content (AvgIpc) is 2.91. The summed E-state index contributed by atoms with van der Waals surface area (Å²) < 4.78 is 9.79. The molecule has 0 spiro atoms. The van der Waals surface area contributed by atoms with E-state index in [1.54, 1.807) is 12.1 Å². The van der Waals surface area contributed by atoms with Crippen molar-refractivity contribution in [3.63, 3.8) is 0 Å². The van der Waals surface area contributed by atoms with Crippen LogP contribution in [-0.4, -0.2) is 36.5 Å². The molecule has 5 heteroatoms. The average molecular weight is 237 g/mol. The van der Waals surface area contributed by atoms with Gasteiger partial charge in [0.2, 0.25) is 0 Å². The lowest BCUT2D eigenvalue weighted by molar-refractivity contribution is -0.147. The van der Waals surface area contributed by atoms with E-state index in [-0.39, 0.29) is 17.6 Å². The second-order valence-corrected chi connectivity index (χ2v) is 4.01. The molecule has 0 saturated carbocycles. The number of furan rings is 1. The van der Waals surface area contributed by atoms with Crippen LogP contribution < -0.4 is 0 Å². The van der Waals surface area contributed by atoms with E-state index in [4.69, 9.17) is 9.15 Å². The van der Waals surface area contributed by atoms with Crippen molar-refractivity contribution in [2.24, 2.45) is 0 Å². The van der Waals surface area contributed by atoms with Gasteiger partial charge in [0, 0.05) is 6.54 Å². The van der Waals surface area contributed by atoms with Gasteiger partial charge < -0.3 is 14.1 Å². The first-order chi connectivity index (χ1) is 8.24. The summed E-state index contributed by atoms with van der Waals surface area (Å²) in [5, 5.41) is 0. The highest BCUT2D eigenvalue weighted by molar-refractivity contribution is 5.94. The number of hydrogen-bond acceptors (Lipinski definition) is 4. The summed E-state index contributed by atoms with van der Waals surface area (Å²) in [6.45, 7) is 0.569. The van der Waals surface area contributed by atoms with Crippen molar-refractivity contribution in [3.8, 4) is 0 Å². The van der Waals surface area contributed by atoms with Gasteiger partial charge >= 0.3 is 5.97 Å². The Hall–Kier alpha value is -1.78. The molecular formula is C12H15NO4. The molecule has 1 fully saturated rings. The third-order valence-corrected chi connectivity index (χ3v) is 2.97. The summed E-state index contributed by atoms with van der Waals surface area (Å²) in [6, 6.07) is 2.78. The number of amides is 1. The van der Waals surface area contributed by atoms with Gasteiger partial charge in [-0.2, -0.15) is 0 Å². The number of piperidine rings is 1. The molecule has 0 N–H and O–H groups in total. The van der Waals surface area contributed by atoms with Crippen LogP contribution in [0.15, 0.2) is 22.8 Å². The Labute approximate surface area is 99.3 Å². The molecule has 17 heavy (non-hydrogen) atoms. The second-order valence-electron chi connectivity index (χ2n) is 4.01. The third kappa shape index (κ3) is 2.33. The van der Waals surface area contributed by atoms with Crippen molar-refractivity contribution in [3.05, 3.63) is 24.2 Å². The molecular weight excluding hydrogens is 222 g/mol. The summed E-state index contributed by atoms with van der Waals surface area (Å²) in [7, 11) is 1.34. The molecule has 1 aliphatic heterocycles. The standard InChI is InChI=1S/C12H15NO4/c1-16-12(15)9-5-2-3-7-13(9)11(14)10-6-4-8-17-10/h4,6,8-9H,2-3,5,7H2,1H3/t9-/m1/s1. The molecule has 0 unspecified atom stereocenters. The van der Waals surface area contributed by atoms with Crippen LogP contribution >= 0.6 is 0 Å². The molecule has 0 aliphatic carbocycles. The fourth-order valence-corrected chi connectivity index (χ4v) is 2.10. The molecule has 1 aromatic rings. The number of esters is 1. The molecule has 92 valence electrons. The Morgan fingerprint density at radius 1 is 1.47 bits per heavy atom. The van der Waals surface area contributed by atoms with Gasteiger partial charge in [0.15, 0.2) is 5.76 Å². The summed E-state index contributed by atoms with van der Waals surface area (Å²) >= 11 is 0. The molecule has 0 radical (unpaired) electrons. The molecule has 5 nitrogen and oxygen atoms in total. The molecule has 0 bridgehead atoms. The minimum Gasteiger partial charge on any atom is -0.467 e. The predicted molar refractivity (Wildman–Crippen MR) is 59.4 cm³/mol. The first-order valence-corrected chi connectivity index (χ1v) is 5.66. The molecule has 2 heterocycles. The van der Waals surface area contributed by atoms with Gasteiger partial charge in [0.25, 0.3) is 5.91 Å². The molecule has 1 saturated heterocycles. The van der Waals surface area contributed by atoms with E-state index in [0.29, 0.717) is 13.0 Å². The highest BCUT2D eigenvalue weighted by Gasteiger charge is 2.34. The number of rotatable bonds is 2. The lowest BCUT2D eigenvalue weighted by Crippen LogP contribution is -2.48. The summed E-state index contributed by atoms with van der Waals surface area (Å²) in [4.78, 5) is 25.3. The zero-order chi connectivity index (χ0) is 12.3. The van der Waals surface area contributed by atoms with Crippen LogP contribution in [0.2, 0.25) is 0 Å². The van der Waals surface area contributed by atoms with Crippen molar-refractivity contribution in [2.75, 3.05) is 13.7 Å². The number of ether oxygens (including phenoxy) is 1. The van der Waals surface area contributed by atoms with Crippen molar-refractivity contribution < 1.29 is 18.7 Å². The molecule has 0 aromatic carbocycles. The van der Waals surface area contributed by atoms with Crippen LogP contribution in [0.3, 0.4) is 0 Å². The van der Waals surface area contributed by atoms with E-state index in [1.807, 2.05) is 0 Å². The Balaban J connectivity index is 2.16. The van der Waals surface area contributed by atoms with Gasteiger partial charge in [-0.3, -0.25) is 4.79 Å². The Kier molecular flexibility index (Phi) is 3.46. The van der Waals surface area contributed by atoms with Gasteiger partial charge in [-0.15, -0.1) is 0 Å². The van der Waals surface area contributed by atoms with Gasteiger partial charge in [-0.05, 0) is 31.4 Å². The highest BCUT2D eigenvalue weighted by atomic mass is 16.5.